The number of hydrogen-bond donors (Lipinski definition) is 1. The summed E-state index contributed by atoms with van der Waals surface area (Å²) in [5, 5.41) is 8.20. The molecule has 2 aromatic heterocycles. The fourth-order valence-electron chi connectivity index (χ4n) is 3.66. The number of furan rings is 1. The SMILES string of the molecule is C=CCc1ccccc1OCc1ccc(C(=O)Nc2c(C)nn(Cc3ccc(Cl)cc3)c2C)o1. The lowest BCUT2D eigenvalue weighted by Gasteiger charge is -2.09. The smallest absolute Gasteiger partial charge is 0.291 e. The van der Waals surface area contributed by atoms with E-state index in [2.05, 4.69) is 17.0 Å². The number of nitrogens with one attached hydrogen (secondary N) is 1. The minimum absolute atomic E-state index is 0.210. The van der Waals surface area contributed by atoms with Gasteiger partial charge in [0, 0.05) is 5.02 Å². The van der Waals surface area contributed by atoms with Crippen molar-refractivity contribution < 1.29 is 13.9 Å². The second kappa shape index (κ2) is 10.4. The Hall–Kier alpha value is -3.77. The molecule has 2 heterocycles. The molecule has 1 amide bonds. The second-order valence-corrected chi connectivity index (χ2v) is 8.38. The number of halogens is 1. The molecule has 1 N–H and O–H groups in total. The van der Waals surface area contributed by atoms with Crippen molar-refractivity contribution in [2.24, 2.45) is 0 Å². The quantitative estimate of drug-likeness (QED) is 0.286. The van der Waals surface area contributed by atoms with Gasteiger partial charge in [0.25, 0.3) is 5.91 Å². The van der Waals surface area contributed by atoms with Crippen molar-refractivity contribution in [1.82, 2.24) is 9.78 Å². The van der Waals surface area contributed by atoms with E-state index in [1.54, 1.807) is 12.1 Å². The number of aromatic nitrogens is 2. The molecule has 0 atom stereocenters. The molecule has 0 radical (unpaired) electrons. The molecule has 0 bridgehead atoms. The number of para-hydroxylation sites is 1. The molecular formula is C27H26ClN3O3. The molecule has 174 valence electrons. The minimum Gasteiger partial charge on any atom is -0.485 e. The van der Waals surface area contributed by atoms with E-state index in [1.807, 2.05) is 73.1 Å². The number of ether oxygens (including phenoxy) is 1. The Kier molecular flexibility index (Phi) is 7.18. The van der Waals surface area contributed by atoms with Crippen molar-refractivity contribution >= 4 is 23.2 Å². The molecule has 0 saturated heterocycles. The van der Waals surface area contributed by atoms with E-state index in [1.165, 1.54) is 0 Å². The Labute approximate surface area is 203 Å². The van der Waals surface area contributed by atoms with E-state index in [0.29, 0.717) is 29.4 Å². The predicted octanol–water partition coefficient (Wildman–Crippen LogP) is 6.35. The van der Waals surface area contributed by atoms with Crippen molar-refractivity contribution in [2.75, 3.05) is 5.32 Å². The molecule has 6 nitrogen and oxygen atoms in total. The summed E-state index contributed by atoms with van der Waals surface area (Å²) in [4.78, 5) is 12.8. The van der Waals surface area contributed by atoms with Crippen LogP contribution in [0.15, 0.2) is 77.7 Å². The lowest BCUT2D eigenvalue weighted by Crippen LogP contribution is -2.12. The van der Waals surface area contributed by atoms with Crippen LogP contribution in [0, 0.1) is 13.8 Å². The van der Waals surface area contributed by atoms with E-state index in [4.69, 9.17) is 20.8 Å². The van der Waals surface area contributed by atoms with Crippen LogP contribution in [0.4, 0.5) is 5.69 Å². The summed E-state index contributed by atoms with van der Waals surface area (Å²) in [6.45, 7) is 8.37. The van der Waals surface area contributed by atoms with Gasteiger partial charge in [0.15, 0.2) is 5.76 Å². The number of hydrogen-bond acceptors (Lipinski definition) is 4. The minimum atomic E-state index is -0.337. The van der Waals surface area contributed by atoms with Gasteiger partial charge in [-0.25, -0.2) is 0 Å². The normalized spacial score (nSPS) is 10.8. The van der Waals surface area contributed by atoms with Crippen molar-refractivity contribution in [3.8, 4) is 5.75 Å². The highest BCUT2D eigenvalue weighted by atomic mass is 35.5. The van der Waals surface area contributed by atoms with Gasteiger partial charge in [-0.3, -0.25) is 9.48 Å². The number of aryl methyl sites for hydroxylation is 1. The Bertz CT molecular complexity index is 1310. The highest BCUT2D eigenvalue weighted by Crippen LogP contribution is 2.23. The number of allylic oxidation sites excluding steroid dienone is 1. The summed E-state index contributed by atoms with van der Waals surface area (Å²) >= 11 is 5.97. The molecule has 0 fully saturated rings. The van der Waals surface area contributed by atoms with Crippen LogP contribution in [0.3, 0.4) is 0 Å². The molecule has 4 aromatic rings. The number of amides is 1. The largest absolute Gasteiger partial charge is 0.485 e. The predicted molar refractivity (Wildman–Crippen MR) is 134 cm³/mol. The number of carbonyl (C=O) groups is 1. The van der Waals surface area contributed by atoms with Gasteiger partial charge in [0.2, 0.25) is 0 Å². The number of rotatable bonds is 9. The standard InChI is InChI=1S/C27H26ClN3O3/c1-4-7-21-8-5-6-9-24(21)33-17-23-14-15-25(34-23)27(32)29-26-18(2)30-31(19(26)3)16-20-10-12-22(28)13-11-20/h4-6,8-15H,1,7,16-17H2,2-3H3,(H,29,32). The Morgan fingerprint density at radius 3 is 2.68 bits per heavy atom. The first kappa shape index (κ1) is 23.4. The van der Waals surface area contributed by atoms with Gasteiger partial charge >= 0.3 is 0 Å². The number of anilines is 1. The average molecular weight is 476 g/mol. The zero-order valence-electron chi connectivity index (χ0n) is 19.2. The molecule has 0 aliphatic heterocycles. The third kappa shape index (κ3) is 5.41. The third-order valence-electron chi connectivity index (χ3n) is 5.46. The molecule has 0 aliphatic rings. The topological polar surface area (TPSA) is 69.3 Å². The molecule has 0 spiro atoms. The van der Waals surface area contributed by atoms with Gasteiger partial charge in [0.1, 0.15) is 18.1 Å². The maximum absolute atomic E-state index is 12.8. The maximum Gasteiger partial charge on any atom is 0.291 e. The zero-order chi connectivity index (χ0) is 24.1. The molecule has 0 aliphatic carbocycles. The molecule has 4 rings (SSSR count). The van der Waals surface area contributed by atoms with E-state index < -0.39 is 0 Å². The highest BCUT2D eigenvalue weighted by Gasteiger charge is 2.18. The number of nitrogens with zero attached hydrogens (tertiary/aromatic N) is 2. The highest BCUT2D eigenvalue weighted by molar-refractivity contribution is 6.30. The lowest BCUT2D eigenvalue weighted by molar-refractivity contribution is 0.0992. The molecule has 0 unspecified atom stereocenters. The summed E-state index contributed by atoms with van der Waals surface area (Å²) in [5.41, 5.74) is 4.37. The second-order valence-electron chi connectivity index (χ2n) is 7.94. The monoisotopic (exact) mass is 475 g/mol. The summed E-state index contributed by atoms with van der Waals surface area (Å²) < 4.78 is 13.5. The zero-order valence-corrected chi connectivity index (χ0v) is 19.9. The first-order valence-corrected chi connectivity index (χ1v) is 11.3. The van der Waals surface area contributed by atoms with Crippen molar-refractivity contribution in [2.45, 2.75) is 33.4 Å². The van der Waals surface area contributed by atoms with E-state index in [9.17, 15) is 4.79 Å². The summed E-state index contributed by atoms with van der Waals surface area (Å²) in [7, 11) is 0. The van der Waals surface area contributed by atoms with Crippen LogP contribution in [0.5, 0.6) is 5.75 Å². The Morgan fingerprint density at radius 2 is 1.91 bits per heavy atom. The maximum atomic E-state index is 12.8. The molecule has 34 heavy (non-hydrogen) atoms. The molecular weight excluding hydrogens is 450 g/mol. The molecule has 0 saturated carbocycles. The van der Waals surface area contributed by atoms with Crippen molar-refractivity contribution in [3.05, 3.63) is 112 Å². The molecule has 2 aromatic carbocycles. The first-order valence-electron chi connectivity index (χ1n) is 10.9. The first-order chi connectivity index (χ1) is 16.4. The van der Waals surface area contributed by atoms with E-state index in [0.717, 1.165) is 28.3 Å². The summed E-state index contributed by atoms with van der Waals surface area (Å²) in [5.74, 6) is 1.20. The fourth-order valence-corrected chi connectivity index (χ4v) is 3.79. The Morgan fingerprint density at radius 1 is 1.15 bits per heavy atom. The van der Waals surface area contributed by atoms with Gasteiger partial charge in [-0.15, -0.1) is 6.58 Å². The van der Waals surface area contributed by atoms with Crippen LogP contribution in [-0.4, -0.2) is 15.7 Å². The van der Waals surface area contributed by atoms with Gasteiger partial charge in [-0.2, -0.15) is 5.10 Å². The third-order valence-corrected chi connectivity index (χ3v) is 5.71. The van der Waals surface area contributed by atoms with Gasteiger partial charge < -0.3 is 14.5 Å². The van der Waals surface area contributed by atoms with E-state index >= 15 is 0 Å². The lowest BCUT2D eigenvalue weighted by atomic mass is 10.1. The van der Waals surface area contributed by atoms with Crippen LogP contribution in [0.25, 0.3) is 0 Å². The van der Waals surface area contributed by atoms with E-state index in [-0.39, 0.29) is 18.3 Å². The van der Waals surface area contributed by atoms with Crippen LogP contribution in [0.2, 0.25) is 5.02 Å². The van der Waals surface area contributed by atoms with Crippen LogP contribution in [-0.2, 0) is 19.6 Å². The Balaban J connectivity index is 1.41. The summed E-state index contributed by atoms with van der Waals surface area (Å²) in [6.07, 6.45) is 2.55. The van der Waals surface area contributed by atoms with Gasteiger partial charge in [0.05, 0.1) is 23.6 Å². The number of benzene rings is 2. The van der Waals surface area contributed by atoms with Crippen LogP contribution in [0.1, 0.15) is 38.8 Å². The molecule has 7 heteroatoms. The summed E-state index contributed by atoms with van der Waals surface area (Å²) in [6, 6.07) is 18.8. The van der Waals surface area contributed by atoms with Gasteiger partial charge in [-0.1, -0.05) is 48.0 Å². The fraction of sp³-hybridized carbons (Fsp3) is 0.185. The van der Waals surface area contributed by atoms with Crippen LogP contribution >= 0.6 is 11.6 Å². The number of carbonyl (C=O) groups excluding carboxylic acids is 1. The van der Waals surface area contributed by atoms with Crippen molar-refractivity contribution in [3.63, 3.8) is 0 Å². The average Bonchev–Trinajstić information content (AvgIpc) is 3.41. The van der Waals surface area contributed by atoms with Crippen molar-refractivity contribution in [1.29, 1.82) is 0 Å². The van der Waals surface area contributed by atoms with Crippen LogP contribution < -0.4 is 10.1 Å². The van der Waals surface area contributed by atoms with Gasteiger partial charge in [-0.05, 0) is 61.7 Å².